The van der Waals surface area contributed by atoms with Crippen molar-refractivity contribution in [3.63, 3.8) is 0 Å². The molecule has 0 radical (unpaired) electrons. The van der Waals surface area contributed by atoms with E-state index >= 15 is 0 Å². The maximum absolute atomic E-state index is 11.4. The van der Waals surface area contributed by atoms with Crippen molar-refractivity contribution in [2.24, 2.45) is 5.92 Å². The molecular weight excluding hydrogens is 210 g/mol. The highest BCUT2D eigenvalue weighted by atomic mass is 16.5. The molecule has 1 amide bonds. The zero-order chi connectivity index (χ0) is 12.0. The van der Waals surface area contributed by atoms with Crippen molar-refractivity contribution >= 4 is 11.9 Å². The third-order valence-electron chi connectivity index (χ3n) is 2.91. The van der Waals surface area contributed by atoms with Crippen LogP contribution in [0.1, 0.15) is 32.1 Å². The van der Waals surface area contributed by atoms with Gasteiger partial charge in [0.15, 0.2) is 6.10 Å². The summed E-state index contributed by atoms with van der Waals surface area (Å²) in [6, 6.07) is 0. The zero-order valence-electron chi connectivity index (χ0n) is 9.57. The number of rotatable bonds is 5. The highest BCUT2D eigenvalue weighted by Gasteiger charge is 2.20. The molecule has 1 atom stereocenters. The van der Waals surface area contributed by atoms with Gasteiger partial charge in [0.1, 0.15) is 0 Å². The van der Waals surface area contributed by atoms with E-state index in [0.717, 1.165) is 12.8 Å². The van der Waals surface area contributed by atoms with Crippen LogP contribution < -0.4 is 5.32 Å². The second-order valence-electron chi connectivity index (χ2n) is 4.20. The molecule has 5 nitrogen and oxygen atoms in total. The lowest BCUT2D eigenvalue weighted by atomic mass is 10.0. The van der Waals surface area contributed by atoms with Crippen molar-refractivity contribution in [1.82, 2.24) is 5.32 Å². The molecule has 1 aliphatic rings. The topological polar surface area (TPSA) is 75.6 Å². The Bertz CT molecular complexity index is 248. The average molecular weight is 229 g/mol. The van der Waals surface area contributed by atoms with Crippen LogP contribution in [-0.2, 0) is 14.3 Å². The van der Waals surface area contributed by atoms with Crippen LogP contribution in [-0.4, -0.2) is 36.7 Å². The van der Waals surface area contributed by atoms with Gasteiger partial charge in [0.25, 0.3) is 0 Å². The Kier molecular flexibility index (Phi) is 5.25. The van der Waals surface area contributed by atoms with Gasteiger partial charge in [-0.3, -0.25) is 4.79 Å². The molecule has 0 aliphatic heterocycles. The molecule has 0 aromatic rings. The van der Waals surface area contributed by atoms with Gasteiger partial charge >= 0.3 is 5.97 Å². The minimum absolute atomic E-state index is 0.0712. The number of nitrogens with one attached hydrogen (secondary N) is 1. The van der Waals surface area contributed by atoms with Crippen molar-refractivity contribution < 1.29 is 19.4 Å². The molecule has 2 N–H and O–H groups in total. The molecule has 1 aliphatic carbocycles. The number of aliphatic hydroxyl groups excluding tert-OH is 1. The van der Waals surface area contributed by atoms with E-state index in [9.17, 15) is 14.7 Å². The first kappa shape index (κ1) is 13.0. The van der Waals surface area contributed by atoms with Gasteiger partial charge in [-0.1, -0.05) is 12.8 Å². The number of aliphatic hydroxyl groups is 1. The van der Waals surface area contributed by atoms with Gasteiger partial charge < -0.3 is 15.2 Å². The van der Waals surface area contributed by atoms with Crippen LogP contribution in [0.15, 0.2) is 0 Å². The highest BCUT2D eigenvalue weighted by Crippen LogP contribution is 2.27. The number of amides is 1. The lowest BCUT2D eigenvalue weighted by Crippen LogP contribution is -2.37. The van der Waals surface area contributed by atoms with Crippen LogP contribution in [0.3, 0.4) is 0 Å². The standard InChI is InChI=1S/C11H19NO4/c1-16-11(15)9(13)7-12-10(14)6-8-4-2-3-5-8/h8-9,13H,2-7H2,1H3,(H,12,14). The van der Waals surface area contributed by atoms with Crippen LogP contribution in [0.25, 0.3) is 0 Å². The molecule has 1 fully saturated rings. The number of ether oxygens (including phenoxy) is 1. The normalized spacial score (nSPS) is 18.1. The predicted octanol–water partition coefficient (Wildman–Crippen LogP) is 0.217. The van der Waals surface area contributed by atoms with Crippen LogP contribution in [0.2, 0.25) is 0 Å². The van der Waals surface area contributed by atoms with E-state index in [1.54, 1.807) is 0 Å². The maximum Gasteiger partial charge on any atom is 0.336 e. The molecule has 0 heterocycles. The number of methoxy groups -OCH3 is 1. The molecule has 0 aromatic heterocycles. The number of hydrogen-bond donors (Lipinski definition) is 2. The first-order chi connectivity index (χ1) is 7.63. The Balaban J connectivity index is 2.16. The second kappa shape index (κ2) is 6.48. The average Bonchev–Trinajstić information content (AvgIpc) is 2.77. The highest BCUT2D eigenvalue weighted by molar-refractivity contribution is 5.78. The Hall–Kier alpha value is -1.10. The number of hydrogen-bond acceptors (Lipinski definition) is 4. The van der Waals surface area contributed by atoms with E-state index in [0.29, 0.717) is 12.3 Å². The van der Waals surface area contributed by atoms with E-state index in [4.69, 9.17) is 0 Å². The largest absolute Gasteiger partial charge is 0.467 e. The maximum atomic E-state index is 11.4. The fourth-order valence-corrected chi connectivity index (χ4v) is 1.98. The monoisotopic (exact) mass is 229 g/mol. The molecule has 1 saturated carbocycles. The molecule has 0 bridgehead atoms. The van der Waals surface area contributed by atoms with E-state index in [2.05, 4.69) is 10.1 Å². The molecular formula is C11H19NO4. The molecule has 0 saturated heterocycles. The third-order valence-corrected chi connectivity index (χ3v) is 2.91. The minimum atomic E-state index is -1.27. The Morgan fingerprint density at radius 2 is 2.06 bits per heavy atom. The number of carbonyl (C=O) groups excluding carboxylic acids is 2. The van der Waals surface area contributed by atoms with Gasteiger partial charge in [0.05, 0.1) is 13.7 Å². The summed E-state index contributed by atoms with van der Waals surface area (Å²) in [7, 11) is 1.20. The molecule has 5 heteroatoms. The number of esters is 1. The molecule has 16 heavy (non-hydrogen) atoms. The van der Waals surface area contributed by atoms with Gasteiger partial charge in [-0.2, -0.15) is 0 Å². The van der Waals surface area contributed by atoms with Crippen LogP contribution in [0.4, 0.5) is 0 Å². The van der Waals surface area contributed by atoms with Gasteiger partial charge in [0, 0.05) is 6.42 Å². The van der Waals surface area contributed by atoms with Crippen molar-refractivity contribution in [2.45, 2.75) is 38.2 Å². The van der Waals surface area contributed by atoms with Gasteiger partial charge in [-0.25, -0.2) is 4.79 Å². The SMILES string of the molecule is COC(=O)C(O)CNC(=O)CC1CCCC1. The fraction of sp³-hybridized carbons (Fsp3) is 0.818. The van der Waals surface area contributed by atoms with Gasteiger partial charge in [-0.15, -0.1) is 0 Å². The van der Waals surface area contributed by atoms with Crippen LogP contribution in [0, 0.1) is 5.92 Å². The van der Waals surface area contributed by atoms with Crippen molar-refractivity contribution in [1.29, 1.82) is 0 Å². The summed E-state index contributed by atoms with van der Waals surface area (Å²) in [5.74, 6) is -0.355. The van der Waals surface area contributed by atoms with E-state index in [-0.39, 0.29) is 12.5 Å². The summed E-state index contributed by atoms with van der Waals surface area (Å²) in [6.07, 6.45) is 3.83. The van der Waals surface area contributed by atoms with Crippen LogP contribution in [0.5, 0.6) is 0 Å². The Morgan fingerprint density at radius 3 is 2.62 bits per heavy atom. The molecule has 92 valence electrons. The smallest absolute Gasteiger partial charge is 0.336 e. The van der Waals surface area contributed by atoms with E-state index in [1.165, 1.54) is 20.0 Å². The summed E-state index contributed by atoms with van der Waals surface area (Å²) in [5, 5.41) is 11.8. The molecule has 0 spiro atoms. The summed E-state index contributed by atoms with van der Waals surface area (Å²) in [6.45, 7) is -0.0712. The van der Waals surface area contributed by atoms with E-state index < -0.39 is 12.1 Å². The van der Waals surface area contributed by atoms with Gasteiger partial charge in [-0.05, 0) is 18.8 Å². The summed E-state index contributed by atoms with van der Waals surface area (Å²) < 4.78 is 4.34. The van der Waals surface area contributed by atoms with Crippen LogP contribution >= 0.6 is 0 Å². The lowest BCUT2D eigenvalue weighted by Gasteiger charge is -2.11. The third kappa shape index (κ3) is 4.18. The zero-order valence-corrected chi connectivity index (χ0v) is 9.57. The Morgan fingerprint density at radius 1 is 1.44 bits per heavy atom. The predicted molar refractivity (Wildman–Crippen MR) is 57.6 cm³/mol. The molecule has 0 aromatic carbocycles. The van der Waals surface area contributed by atoms with Crippen molar-refractivity contribution in [2.75, 3.05) is 13.7 Å². The fourth-order valence-electron chi connectivity index (χ4n) is 1.98. The second-order valence-corrected chi connectivity index (χ2v) is 4.20. The summed E-state index contributed by atoms with van der Waals surface area (Å²) in [5.41, 5.74) is 0. The van der Waals surface area contributed by atoms with Crippen molar-refractivity contribution in [3.8, 4) is 0 Å². The van der Waals surface area contributed by atoms with E-state index in [1.807, 2.05) is 0 Å². The first-order valence-corrected chi connectivity index (χ1v) is 5.66. The molecule has 1 rings (SSSR count). The summed E-state index contributed by atoms with van der Waals surface area (Å²) >= 11 is 0. The first-order valence-electron chi connectivity index (χ1n) is 5.66. The minimum Gasteiger partial charge on any atom is -0.467 e. The quantitative estimate of drug-likeness (QED) is 0.661. The van der Waals surface area contributed by atoms with Gasteiger partial charge in [0.2, 0.25) is 5.91 Å². The summed E-state index contributed by atoms with van der Waals surface area (Å²) in [4.78, 5) is 22.3. The molecule has 1 unspecified atom stereocenters. The lowest BCUT2D eigenvalue weighted by molar-refractivity contribution is -0.150. The number of carbonyl (C=O) groups is 2. The van der Waals surface area contributed by atoms with Crippen molar-refractivity contribution in [3.05, 3.63) is 0 Å². The Labute approximate surface area is 95.2 Å².